The Hall–Kier alpha value is -3.41. The second-order valence-electron chi connectivity index (χ2n) is 5.65. The lowest BCUT2D eigenvalue weighted by Gasteiger charge is -2.14. The fraction of sp³-hybridized carbons (Fsp3) is 0.150. The highest BCUT2D eigenvalue weighted by molar-refractivity contribution is 6.10. The number of ether oxygens (including phenoxy) is 2. The highest BCUT2D eigenvalue weighted by atomic mass is 16.5. The number of aromatic hydroxyl groups is 3. The van der Waals surface area contributed by atoms with Gasteiger partial charge in [0, 0.05) is 16.8 Å². The van der Waals surface area contributed by atoms with E-state index in [1.165, 1.54) is 18.2 Å². The van der Waals surface area contributed by atoms with Gasteiger partial charge in [-0.2, -0.15) is 0 Å². The van der Waals surface area contributed by atoms with E-state index in [1.807, 2.05) is 30.3 Å². The molecule has 0 saturated heterocycles. The van der Waals surface area contributed by atoms with Gasteiger partial charge in [0.15, 0.2) is 11.5 Å². The summed E-state index contributed by atoms with van der Waals surface area (Å²) < 4.78 is 10.6. The zero-order valence-electron chi connectivity index (χ0n) is 14.1. The maximum absolute atomic E-state index is 12.2. The zero-order valence-corrected chi connectivity index (χ0v) is 14.1. The summed E-state index contributed by atoms with van der Waals surface area (Å²) in [5.74, 6) is -1.47. The van der Waals surface area contributed by atoms with Crippen molar-refractivity contribution >= 4 is 16.7 Å². The molecule has 0 fully saturated rings. The number of rotatable bonds is 5. The Kier molecular flexibility index (Phi) is 4.84. The van der Waals surface area contributed by atoms with Gasteiger partial charge < -0.3 is 24.8 Å². The van der Waals surface area contributed by atoms with Gasteiger partial charge in [0.25, 0.3) is 0 Å². The minimum atomic E-state index is -0.719. The molecule has 0 heterocycles. The molecule has 0 saturated carbocycles. The third-order valence-electron chi connectivity index (χ3n) is 3.87. The van der Waals surface area contributed by atoms with Crippen LogP contribution >= 0.6 is 0 Å². The number of hydrogen-bond donors (Lipinski definition) is 3. The molecular formula is C20H18O6. The average Bonchev–Trinajstić information content (AvgIpc) is 2.64. The van der Waals surface area contributed by atoms with Gasteiger partial charge in [-0.05, 0) is 24.6 Å². The van der Waals surface area contributed by atoms with Crippen LogP contribution in [0.1, 0.15) is 22.8 Å². The first-order valence-corrected chi connectivity index (χ1v) is 8.06. The second kappa shape index (κ2) is 7.23. The molecule has 3 aromatic rings. The molecule has 6 heteroatoms. The van der Waals surface area contributed by atoms with Crippen molar-refractivity contribution in [3.05, 3.63) is 59.7 Å². The molecule has 6 nitrogen and oxygen atoms in total. The molecule has 0 unspecified atom stereocenters. The number of carbonyl (C=O) groups is 1. The fourth-order valence-electron chi connectivity index (χ4n) is 2.69. The largest absolute Gasteiger partial charge is 0.508 e. The monoisotopic (exact) mass is 354 g/mol. The minimum Gasteiger partial charge on any atom is -0.508 e. The standard InChI is InChI=1S/C20H18O6/c1-2-25-20(24)15-9-13(21)8-14-16(22)10-17(19(23)18(14)15)26-11-12-6-4-3-5-7-12/h3-10,21-23H,2,11H2,1H3. The van der Waals surface area contributed by atoms with Crippen molar-refractivity contribution in [2.75, 3.05) is 6.61 Å². The third-order valence-corrected chi connectivity index (χ3v) is 3.87. The number of hydrogen-bond acceptors (Lipinski definition) is 6. The molecule has 3 rings (SSSR count). The molecule has 3 N–H and O–H groups in total. The lowest BCUT2D eigenvalue weighted by molar-refractivity contribution is 0.0528. The van der Waals surface area contributed by atoms with Gasteiger partial charge in [-0.1, -0.05) is 30.3 Å². The van der Waals surface area contributed by atoms with Gasteiger partial charge in [-0.3, -0.25) is 0 Å². The normalized spacial score (nSPS) is 10.7. The maximum Gasteiger partial charge on any atom is 0.339 e. The highest BCUT2D eigenvalue weighted by Crippen LogP contribution is 2.43. The van der Waals surface area contributed by atoms with Crippen molar-refractivity contribution in [3.63, 3.8) is 0 Å². The number of carbonyl (C=O) groups excluding carboxylic acids is 1. The van der Waals surface area contributed by atoms with Crippen molar-refractivity contribution < 1.29 is 29.6 Å². The van der Waals surface area contributed by atoms with Crippen LogP contribution in [0, 0.1) is 0 Å². The Labute approximate surface area is 149 Å². The zero-order chi connectivity index (χ0) is 18.7. The van der Waals surface area contributed by atoms with E-state index in [4.69, 9.17) is 9.47 Å². The van der Waals surface area contributed by atoms with E-state index in [9.17, 15) is 20.1 Å². The number of benzene rings is 3. The molecule has 0 spiro atoms. The Morgan fingerprint density at radius 3 is 2.46 bits per heavy atom. The van der Waals surface area contributed by atoms with Crippen LogP contribution in [0.15, 0.2) is 48.5 Å². The van der Waals surface area contributed by atoms with E-state index >= 15 is 0 Å². The first-order chi connectivity index (χ1) is 12.5. The van der Waals surface area contributed by atoms with Gasteiger partial charge >= 0.3 is 5.97 Å². The predicted molar refractivity (Wildman–Crippen MR) is 95.7 cm³/mol. The van der Waals surface area contributed by atoms with Crippen LogP contribution in [0.5, 0.6) is 23.0 Å². The Morgan fingerprint density at radius 1 is 1.04 bits per heavy atom. The smallest absolute Gasteiger partial charge is 0.339 e. The molecule has 26 heavy (non-hydrogen) atoms. The van der Waals surface area contributed by atoms with Crippen LogP contribution in [-0.2, 0) is 11.3 Å². The van der Waals surface area contributed by atoms with Crippen LogP contribution < -0.4 is 4.74 Å². The molecule has 3 aromatic carbocycles. The molecule has 0 aliphatic rings. The Morgan fingerprint density at radius 2 is 1.77 bits per heavy atom. The molecule has 0 aliphatic carbocycles. The Bertz CT molecular complexity index is 950. The molecule has 0 aliphatic heterocycles. The van der Waals surface area contributed by atoms with Gasteiger partial charge in [0.1, 0.15) is 18.1 Å². The van der Waals surface area contributed by atoms with Crippen molar-refractivity contribution in [2.24, 2.45) is 0 Å². The Balaban J connectivity index is 2.09. The number of fused-ring (bicyclic) bond motifs is 1. The SMILES string of the molecule is CCOC(=O)c1cc(O)cc2c(O)cc(OCc3ccccc3)c(O)c12. The second-order valence-corrected chi connectivity index (χ2v) is 5.65. The van der Waals surface area contributed by atoms with Crippen molar-refractivity contribution in [1.29, 1.82) is 0 Å². The van der Waals surface area contributed by atoms with Gasteiger partial charge in [0.05, 0.1) is 12.2 Å². The van der Waals surface area contributed by atoms with Crippen LogP contribution in [0.3, 0.4) is 0 Å². The summed E-state index contributed by atoms with van der Waals surface area (Å²) >= 11 is 0. The summed E-state index contributed by atoms with van der Waals surface area (Å²) in [6.07, 6.45) is 0. The van der Waals surface area contributed by atoms with Crippen LogP contribution in [0.25, 0.3) is 10.8 Å². The topological polar surface area (TPSA) is 96.2 Å². The quantitative estimate of drug-likeness (QED) is 0.477. The van der Waals surface area contributed by atoms with Gasteiger partial charge in [0.2, 0.25) is 0 Å². The first kappa shape index (κ1) is 17.4. The number of esters is 1. The summed E-state index contributed by atoms with van der Waals surface area (Å²) in [7, 11) is 0. The number of phenols is 3. The van der Waals surface area contributed by atoms with Crippen molar-refractivity contribution in [2.45, 2.75) is 13.5 Å². The summed E-state index contributed by atoms with van der Waals surface area (Å²) in [6.45, 7) is 1.95. The van der Waals surface area contributed by atoms with Crippen LogP contribution in [0.4, 0.5) is 0 Å². The van der Waals surface area contributed by atoms with Gasteiger partial charge in [-0.15, -0.1) is 0 Å². The van der Waals surface area contributed by atoms with E-state index in [-0.39, 0.29) is 52.5 Å². The van der Waals surface area contributed by atoms with E-state index in [2.05, 4.69) is 0 Å². The predicted octanol–water partition coefficient (Wildman–Crippen LogP) is 3.71. The fourth-order valence-corrected chi connectivity index (χ4v) is 2.69. The summed E-state index contributed by atoms with van der Waals surface area (Å²) in [5, 5.41) is 30.9. The molecular weight excluding hydrogens is 336 g/mol. The molecule has 0 bridgehead atoms. The summed E-state index contributed by atoms with van der Waals surface area (Å²) in [4.78, 5) is 12.2. The lowest BCUT2D eigenvalue weighted by Crippen LogP contribution is -2.06. The van der Waals surface area contributed by atoms with Crippen LogP contribution in [-0.4, -0.2) is 27.9 Å². The summed E-state index contributed by atoms with van der Waals surface area (Å²) in [5.41, 5.74) is 0.822. The average molecular weight is 354 g/mol. The molecule has 0 aromatic heterocycles. The minimum absolute atomic E-state index is 0.0232. The highest BCUT2D eigenvalue weighted by Gasteiger charge is 2.21. The summed E-state index contributed by atoms with van der Waals surface area (Å²) in [6, 6.07) is 13.0. The first-order valence-electron chi connectivity index (χ1n) is 8.06. The van der Waals surface area contributed by atoms with Gasteiger partial charge in [-0.25, -0.2) is 4.79 Å². The van der Waals surface area contributed by atoms with Crippen molar-refractivity contribution in [3.8, 4) is 23.0 Å². The van der Waals surface area contributed by atoms with Crippen LogP contribution in [0.2, 0.25) is 0 Å². The molecule has 0 atom stereocenters. The van der Waals surface area contributed by atoms with E-state index in [1.54, 1.807) is 6.92 Å². The van der Waals surface area contributed by atoms with E-state index in [0.717, 1.165) is 5.56 Å². The van der Waals surface area contributed by atoms with E-state index < -0.39 is 5.97 Å². The lowest BCUT2D eigenvalue weighted by atomic mass is 10.0. The third kappa shape index (κ3) is 3.35. The molecule has 0 amide bonds. The molecule has 0 radical (unpaired) electrons. The number of phenolic OH excluding ortho intramolecular Hbond substituents is 3. The van der Waals surface area contributed by atoms with E-state index in [0.29, 0.717) is 0 Å². The molecule has 134 valence electrons. The maximum atomic E-state index is 12.2. The van der Waals surface area contributed by atoms with Crippen molar-refractivity contribution in [1.82, 2.24) is 0 Å².